The Balaban J connectivity index is 1.39. The van der Waals surface area contributed by atoms with Gasteiger partial charge in [0.2, 0.25) is 5.91 Å². The molecule has 2 atom stereocenters. The zero-order valence-corrected chi connectivity index (χ0v) is 14.7. The summed E-state index contributed by atoms with van der Waals surface area (Å²) in [5.74, 6) is 1.24. The maximum atomic E-state index is 12.4. The molecule has 3 heterocycles. The zero-order chi connectivity index (χ0) is 16.7. The van der Waals surface area contributed by atoms with Crippen molar-refractivity contribution in [2.75, 3.05) is 26.2 Å². The Labute approximate surface area is 147 Å². The fourth-order valence-electron chi connectivity index (χ4n) is 3.57. The molecule has 6 heteroatoms. The van der Waals surface area contributed by atoms with Gasteiger partial charge >= 0.3 is 0 Å². The van der Waals surface area contributed by atoms with Gasteiger partial charge in [-0.3, -0.25) is 9.69 Å². The highest BCUT2D eigenvalue weighted by Gasteiger charge is 2.41. The van der Waals surface area contributed by atoms with Gasteiger partial charge in [0.15, 0.2) is 0 Å². The lowest BCUT2D eigenvalue weighted by molar-refractivity contribution is -0.132. The second-order valence-electron chi connectivity index (χ2n) is 7.12. The van der Waals surface area contributed by atoms with E-state index in [4.69, 9.17) is 11.6 Å². The minimum atomic E-state index is 0.291. The predicted molar refractivity (Wildman–Crippen MR) is 93.9 cm³/mol. The third-order valence-electron chi connectivity index (χ3n) is 5.18. The summed E-state index contributed by atoms with van der Waals surface area (Å²) in [6, 6.07) is 3.80. The van der Waals surface area contributed by atoms with Crippen molar-refractivity contribution < 1.29 is 4.79 Å². The monoisotopic (exact) mass is 346 g/mol. The van der Waals surface area contributed by atoms with E-state index in [0.29, 0.717) is 22.8 Å². The van der Waals surface area contributed by atoms with Crippen molar-refractivity contribution in [2.45, 2.75) is 26.3 Å². The number of carbonyl (C=O) groups excluding carboxylic acids is 1. The molecule has 2 aliphatic rings. The molecule has 5 nitrogen and oxygen atoms in total. The topological polar surface area (TPSA) is 40.9 Å². The van der Waals surface area contributed by atoms with Crippen LogP contribution in [0.4, 0.5) is 0 Å². The van der Waals surface area contributed by atoms with E-state index in [0.717, 1.165) is 56.9 Å². The number of pyridine rings is 1. The van der Waals surface area contributed by atoms with E-state index >= 15 is 0 Å². The van der Waals surface area contributed by atoms with E-state index in [1.54, 1.807) is 0 Å². The van der Waals surface area contributed by atoms with Crippen molar-refractivity contribution in [3.8, 4) is 0 Å². The van der Waals surface area contributed by atoms with Crippen molar-refractivity contribution in [1.29, 1.82) is 0 Å². The number of hydrogen-bond donors (Lipinski definition) is 0. The lowest BCUT2D eigenvalue weighted by Gasteiger charge is -2.21. The van der Waals surface area contributed by atoms with Crippen LogP contribution in [0.5, 0.6) is 0 Å². The van der Waals surface area contributed by atoms with Gasteiger partial charge in [0.25, 0.3) is 0 Å². The third kappa shape index (κ3) is 3.28. The van der Waals surface area contributed by atoms with Crippen LogP contribution >= 0.6 is 11.6 Å². The summed E-state index contributed by atoms with van der Waals surface area (Å²) in [5.41, 5.74) is 1.97. The predicted octanol–water partition coefficient (Wildman–Crippen LogP) is 2.68. The molecule has 1 amide bonds. The molecule has 24 heavy (non-hydrogen) atoms. The van der Waals surface area contributed by atoms with E-state index in [2.05, 4.69) is 21.7 Å². The van der Waals surface area contributed by atoms with Crippen molar-refractivity contribution >= 4 is 23.2 Å². The summed E-state index contributed by atoms with van der Waals surface area (Å²) < 4.78 is 1.97. The first-order valence-electron chi connectivity index (χ1n) is 8.74. The molecule has 1 aliphatic heterocycles. The summed E-state index contributed by atoms with van der Waals surface area (Å²) >= 11 is 6.03. The molecule has 0 N–H and O–H groups in total. The Morgan fingerprint density at radius 2 is 2.08 bits per heavy atom. The van der Waals surface area contributed by atoms with Crippen LogP contribution < -0.4 is 0 Å². The SMILES string of the molecule is C[C@@H]1C[C@@H]1C(=O)N1CCCN(Cc2cn3cc(Cl)ccc3n2)CC1. The summed E-state index contributed by atoms with van der Waals surface area (Å²) in [4.78, 5) is 21.5. The number of carbonyl (C=O) groups is 1. The summed E-state index contributed by atoms with van der Waals surface area (Å²) in [6.45, 7) is 6.64. The molecular weight excluding hydrogens is 324 g/mol. The fraction of sp³-hybridized carbons (Fsp3) is 0.556. The van der Waals surface area contributed by atoms with Crippen LogP contribution in [-0.4, -0.2) is 51.3 Å². The Morgan fingerprint density at radius 1 is 1.25 bits per heavy atom. The van der Waals surface area contributed by atoms with Gasteiger partial charge in [-0.1, -0.05) is 18.5 Å². The molecule has 1 saturated carbocycles. The molecule has 1 saturated heterocycles. The van der Waals surface area contributed by atoms with Crippen LogP contribution in [0.25, 0.3) is 5.65 Å². The normalized spacial score (nSPS) is 25.0. The number of imidazole rings is 1. The van der Waals surface area contributed by atoms with Gasteiger partial charge in [-0.15, -0.1) is 0 Å². The number of halogens is 1. The molecular formula is C18H23ClN4O. The molecule has 2 aromatic rings. The fourth-order valence-corrected chi connectivity index (χ4v) is 3.74. The number of hydrogen-bond acceptors (Lipinski definition) is 3. The second-order valence-corrected chi connectivity index (χ2v) is 7.56. The largest absolute Gasteiger partial charge is 0.341 e. The van der Waals surface area contributed by atoms with E-state index in [1.807, 2.05) is 28.9 Å². The van der Waals surface area contributed by atoms with Gasteiger partial charge in [-0.25, -0.2) is 4.98 Å². The highest BCUT2D eigenvalue weighted by Crippen LogP contribution is 2.39. The molecule has 2 fully saturated rings. The van der Waals surface area contributed by atoms with Gasteiger partial charge in [0, 0.05) is 51.0 Å². The Bertz CT molecular complexity index is 759. The minimum absolute atomic E-state index is 0.291. The standard InChI is InChI=1S/C18H23ClN4O/c1-13-9-16(13)18(24)22-6-2-5-21(7-8-22)11-15-12-23-10-14(19)3-4-17(23)20-15/h3-4,10,12-13,16H,2,5-9,11H2,1H3/t13-,16+/m1/s1. The molecule has 4 rings (SSSR count). The quantitative estimate of drug-likeness (QED) is 0.858. The molecule has 0 unspecified atom stereocenters. The van der Waals surface area contributed by atoms with Crippen LogP contribution in [-0.2, 0) is 11.3 Å². The Hall–Kier alpha value is -1.59. The minimum Gasteiger partial charge on any atom is -0.341 e. The van der Waals surface area contributed by atoms with Crippen LogP contribution in [0.3, 0.4) is 0 Å². The molecule has 0 radical (unpaired) electrons. The molecule has 0 aromatic carbocycles. The van der Waals surface area contributed by atoms with Crippen molar-refractivity contribution in [3.63, 3.8) is 0 Å². The number of rotatable bonds is 3. The highest BCUT2D eigenvalue weighted by atomic mass is 35.5. The summed E-state index contributed by atoms with van der Waals surface area (Å²) in [6.07, 6.45) is 6.03. The Kier molecular flexibility index (Phi) is 4.22. The first-order chi connectivity index (χ1) is 11.6. The lowest BCUT2D eigenvalue weighted by Crippen LogP contribution is -2.36. The van der Waals surface area contributed by atoms with Crippen LogP contribution in [0, 0.1) is 11.8 Å². The van der Waals surface area contributed by atoms with Gasteiger partial charge in [0.05, 0.1) is 10.7 Å². The van der Waals surface area contributed by atoms with Gasteiger partial charge in [-0.05, 0) is 30.9 Å². The van der Waals surface area contributed by atoms with Crippen molar-refractivity contribution in [2.24, 2.45) is 11.8 Å². The second kappa shape index (κ2) is 6.37. The highest BCUT2D eigenvalue weighted by molar-refractivity contribution is 6.30. The first kappa shape index (κ1) is 15.9. The van der Waals surface area contributed by atoms with E-state index in [1.165, 1.54) is 0 Å². The number of amides is 1. The number of fused-ring (bicyclic) bond motifs is 1. The number of nitrogens with zero attached hydrogens (tertiary/aromatic N) is 4. The first-order valence-corrected chi connectivity index (χ1v) is 9.12. The van der Waals surface area contributed by atoms with Crippen LogP contribution in [0.1, 0.15) is 25.5 Å². The van der Waals surface area contributed by atoms with Crippen LogP contribution in [0.2, 0.25) is 5.02 Å². The van der Waals surface area contributed by atoms with Crippen LogP contribution in [0.15, 0.2) is 24.5 Å². The van der Waals surface area contributed by atoms with Gasteiger partial charge in [-0.2, -0.15) is 0 Å². The van der Waals surface area contributed by atoms with Gasteiger partial charge in [0.1, 0.15) is 5.65 Å². The lowest BCUT2D eigenvalue weighted by atomic mass is 10.3. The smallest absolute Gasteiger partial charge is 0.226 e. The summed E-state index contributed by atoms with van der Waals surface area (Å²) in [7, 11) is 0. The molecule has 1 aliphatic carbocycles. The summed E-state index contributed by atoms with van der Waals surface area (Å²) in [5, 5.41) is 0.713. The van der Waals surface area contributed by atoms with E-state index in [-0.39, 0.29) is 0 Å². The Morgan fingerprint density at radius 3 is 2.88 bits per heavy atom. The molecule has 2 aromatic heterocycles. The van der Waals surface area contributed by atoms with E-state index < -0.39 is 0 Å². The maximum Gasteiger partial charge on any atom is 0.226 e. The third-order valence-corrected chi connectivity index (χ3v) is 5.40. The van der Waals surface area contributed by atoms with Crippen molar-refractivity contribution in [3.05, 3.63) is 35.2 Å². The zero-order valence-electron chi connectivity index (χ0n) is 14.0. The average Bonchev–Trinajstić information content (AvgIpc) is 3.22. The molecule has 0 bridgehead atoms. The number of aromatic nitrogens is 2. The van der Waals surface area contributed by atoms with E-state index in [9.17, 15) is 4.79 Å². The van der Waals surface area contributed by atoms with Gasteiger partial charge < -0.3 is 9.30 Å². The average molecular weight is 347 g/mol. The molecule has 0 spiro atoms. The maximum absolute atomic E-state index is 12.4. The van der Waals surface area contributed by atoms with Crippen molar-refractivity contribution in [1.82, 2.24) is 19.2 Å². The molecule has 128 valence electrons.